The van der Waals surface area contributed by atoms with Crippen LogP contribution >= 0.6 is 15.9 Å². The zero-order chi connectivity index (χ0) is 20.5. The number of rotatable bonds is 5. The molecule has 1 aromatic heterocycles. The lowest BCUT2D eigenvalue weighted by atomic mass is 10.1. The molecule has 0 spiro atoms. The lowest BCUT2D eigenvalue weighted by Gasteiger charge is -2.21. The summed E-state index contributed by atoms with van der Waals surface area (Å²) in [7, 11) is -4.10. The third-order valence-electron chi connectivity index (χ3n) is 4.45. The monoisotopic (exact) mass is 464 g/mol. The van der Waals surface area contributed by atoms with E-state index in [0.29, 0.717) is 18.6 Å². The molecule has 146 valence electrons. The molecule has 1 heterocycles. The van der Waals surface area contributed by atoms with Crippen LogP contribution in [0.1, 0.15) is 24.2 Å². The molecule has 5 nitrogen and oxygen atoms in total. The number of benzene rings is 2. The smallest absolute Gasteiger partial charge is 0.256 e. The molecule has 0 radical (unpaired) electrons. The van der Waals surface area contributed by atoms with Crippen LogP contribution in [0.25, 0.3) is 10.9 Å². The first-order valence-corrected chi connectivity index (χ1v) is 10.9. The lowest BCUT2D eigenvalue weighted by molar-refractivity contribution is 0.0769. The van der Waals surface area contributed by atoms with Gasteiger partial charge < -0.3 is 4.90 Å². The maximum absolute atomic E-state index is 14.0. The molecule has 0 atom stereocenters. The second-order valence-corrected chi connectivity index (χ2v) is 8.90. The summed E-state index contributed by atoms with van der Waals surface area (Å²) in [6, 6.07) is 9.79. The Bertz CT molecular complexity index is 1140. The summed E-state index contributed by atoms with van der Waals surface area (Å²) in [5.74, 6) is -1.06. The normalized spacial score (nSPS) is 11.6. The lowest BCUT2D eigenvalue weighted by Crippen LogP contribution is -2.31. The van der Waals surface area contributed by atoms with Gasteiger partial charge >= 0.3 is 0 Å². The number of sulfone groups is 1. The molecule has 0 saturated heterocycles. The highest BCUT2D eigenvalue weighted by Crippen LogP contribution is 2.32. The van der Waals surface area contributed by atoms with Crippen molar-refractivity contribution in [2.45, 2.75) is 23.6 Å². The van der Waals surface area contributed by atoms with Crippen LogP contribution in [-0.2, 0) is 9.84 Å². The van der Waals surface area contributed by atoms with E-state index in [4.69, 9.17) is 0 Å². The summed E-state index contributed by atoms with van der Waals surface area (Å²) in [6.45, 7) is 4.43. The summed E-state index contributed by atoms with van der Waals surface area (Å²) in [6.07, 6.45) is 1.26. The van der Waals surface area contributed by atoms with Gasteiger partial charge in [0.2, 0.25) is 9.84 Å². The van der Waals surface area contributed by atoms with Gasteiger partial charge in [0.25, 0.3) is 5.91 Å². The van der Waals surface area contributed by atoms with Crippen molar-refractivity contribution in [2.75, 3.05) is 13.1 Å². The van der Waals surface area contributed by atoms with Gasteiger partial charge in [-0.3, -0.25) is 9.78 Å². The molecular weight excluding hydrogens is 447 g/mol. The number of fused-ring (bicyclic) bond motifs is 1. The van der Waals surface area contributed by atoms with Crippen molar-refractivity contribution in [1.29, 1.82) is 0 Å². The van der Waals surface area contributed by atoms with E-state index < -0.39 is 21.6 Å². The standard InChI is InChI=1S/C20H18BrFN2O3S/c1-3-24(4-2)20(25)17-12-23-18-10-7-14(22)11-16(18)19(17)28(26,27)15-8-5-13(21)6-9-15/h5-12H,3-4H2,1-2H3. The maximum atomic E-state index is 14.0. The molecule has 0 aliphatic heterocycles. The number of amides is 1. The van der Waals surface area contributed by atoms with Crippen molar-refractivity contribution in [3.63, 3.8) is 0 Å². The molecule has 3 aromatic rings. The van der Waals surface area contributed by atoms with Gasteiger partial charge in [-0.25, -0.2) is 12.8 Å². The average Bonchev–Trinajstić information content (AvgIpc) is 2.68. The quantitative estimate of drug-likeness (QED) is 0.559. The zero-order valence-corrected chi connectivity index (χ0v) is 17.7. The van der Waals surface area contributed by atoms with Gasteiger partial charge in [-0.2, -0.15) is 0 Å². The van der Waals surface area contributed by atoms with E-state index in [1.54, 1.807) is 26.0 Å². The summed E-state index contributed by atoms with van der Waals surface area (Å²) in [5, 5.41) is 0.0842. The molecule has 0 fully saturated rings. The second kappa shape index (κ2) is 7.97. The molecular formula is C20H18BrFN2O3S. The van der Waals surface area contributed by atoms with Gasteiger partial charge in [-0.15, -0.1) is 0 Å². The van der Waals surface area contributed by atoms with E-state index in [9.17, 15) is 17.6 Å². The second-order valence-electron chi connectivity index (χ2n) is 6.10. The fraction of sp³-hybridized carbons (Fsp3) is 0.200. The van der Waals surface area contributed by atoms with Crippen LogP contribution in [0, 0.1) is 5.82 Å². The van der Waals surface area contributed by atoms with E-state index in [2.05, 4.69) is 20.9 Å². The number of aromatic nitrogens is 1. The molecule has 0 unspecified atom stereocenters. The Hall–Kier alpha value is -2.32. The van der Waals surface area contributed by atoms with E-state index >= 15 is 0 Å². The molecule has 0 N–H and O–H groups in total. The van der Waals surface area contributed by atoms with Crippen molar-refractivity contribution in [2.24, 2.45) is 0 Å². The van der Waals surface area contributed by atoms with Gasteiger partial charge in [0.15, 0.2) is 0 Å². The highest BCUT2D eigenvalue weighted by atomic mass is 79.9. The number of hydrogen-bond donors (Lipinski definition) is 0. The van der Waals surface area contributed by atoms with Crippen molar-refractivity contribution < 1.29 is 17.6 Å². The number of hydrogen-bond acceptors (Lipinski definition) is 4. The number of carbonyl (C=O) groups excluding carboxylic acids is 1. The minimum Gasteiger partial charge on any atom is -0.339 e. The molecule has 2 aromatic carbocycles. The van der Waals surface area contributed by atoms with Crippen molar-refractivity contribution in [3.05, 3.63) is 64.5 Å². The van der Waals surface area contributed by atoms with Crippen molar-refractivity contribution >= 4 is 42.6 Å². The van der Waals surface area contributed by atoms with Gasteiger partial charge in [0.1, 0.15) is 5.82 Å². The van der Waals surface area contributed by atoms with Crippen molar-refractivity contribution in [1.82, 2.24) is 9.88 Å². The third kappa shape index (κ3) is 3.66. The minimum atomic E-state index is -4.10. The van der Waals surface area contributed by atoms with Gasteiger partial charge in [-0.05, 0) is 56.3 Å². The number of pyridine rings is 1. The SMILES string of the molecule is CCN(CC)C(=O)c1cnc2ccc(F)cc2c1S(=O)(=O)c1ccc(Br)cc1. The van der Waals surface area contributed by atoms with Crippen LogP contribution in [0.3, 0.4) is 0 Å². The topological polar surface area (TPSA) is 67.3 Å². The summed E-state index contributed by atoms with van der Waals surface area (Å²) < 4.78 is 41.6. The van der Waals surface area contributed by atoms with E-state index in [-0.39, 0.29) is 20.7 Å². The Morgan fingerprint density at radius 3 is 2.36 bits per heavy atom. The summed E-state index contributed by atoms with van der Waals surface area (Å²) in [4.78, 5) is 18.5. The molecule has 0 bridgehead atoms. The molecule has 0 saturated carbocycles. The number of halogens is 2. The number of carbonyl (C=O) groups is 1. The van der Waals surface area contributed by atoms with Gasteiger partial charge in [-0.1, -0.05) is 15.9 Å². The predicted octanol–water partition coefficient (Wildman–Crippen LogP) is 4.45. The highest BCUT2D eigenvalue weighted by molar-refractivity contribution is 9.10. The van der Waals surface area contributed by atoms with E-state index in [1.165, 1.54) is 35.4 Å². The van der Waals surface area contributed by atoms with E-state index in [1.807, 2.05) is 0 Å². The molecule has 1 amide bonds. The van der Waals surface area contributed by atoms with Crippen LogP contribution in [0.15, 0.2) is 62.9 Å². The van der Waals surface area contributed by atoms with Gasteiger partial charge in [0.05, 0.1) is 20.9 Å². The third-order valence-corrected chi connectivity index (χ3v) is 6.85. The Balaban J connectivity index is 2.37. The van der Waals surface area contributed by atoms with Crippen LogP contribution in [-0.4, -0.2) is 37.3 Å². The average molecular weight is 465 g/mol. The van der Waals surface area contributed by atoms with Gasteiger partial charge in [0, 0.05) is 29.1 Å². The zero-order valence-electron chi connectivity index (χ0n) is 15.3. The van der Waals surface area contributed by atoms with Crippen LogP contribution in [0.4, 0.5) is 4.39 Å². The van der Waals surface area contributed by atoms with Crippen LogP contribution < -0.4 is 0 Å². The van der Waals surface area contributed by atoms with E-state index in [0.717, 1.165) is 10.5 Å². The van der Waals surface area contributed by atoms with Crippen LogP contribution in [0.5, 0.6) is 0 Å². The first-order valence-electron chi connectivity index (χ1n) is 8.67. The Kier molecular flexibility index (Phi) is 5.81. The molecule has 8 heteroatoms. The van der Waals surface area contributed by atoms with Crippen molar-refractivity contribution in [3.8, 4) is 0 Å². The first-order chi connectivity index (χ1) is 13.3. The maximum Gasteiger partial charge on any atom is 0.256 e. The highest BCUT2D eigenvalue weighted by Gasteiger charge is 2.29. The first kappa shape index (κ1) is 20.4. The summed E-state index contributed by atoms with van der Waals surface area (Å²) in [5.41, 5.74) is 0.234. The molecule has 3 rings (SSSR count). The Morgan fingerprint density at radius 2 is 1.75 bits per heavy atom. The minimum absolute atomic E-state index is 0.0149. The predicted molar refractivity (Wildman–Crippen MR) is 109 cm³/mol. The Morgan fingerprint density at radius 1 is 1.11 bits per heavy atom. The molecule has 0 aliphatic rings. The fourth-order valence-corrected chi connectivity index (χ4v) is 4.87. The molecule has 28 heavy (non-hydrogen) atoms. The largest absolute Gasteiger partial charge is 0.339 e. The fourth-order valence-electron chi connectivity index (χ4n) is 3.00. The molecule has 0 aliphatic carbocycles. The number of nitrogens with zero attached hydrogens (tertiary/aromatic N) is 2. The Labute approximate surface area is 171 Å². The van der Waals surface area contributed by atoms with Crippen LogP contribution in [0.2, 0.25) is 0 Å². The summed E-state index contributed by atoms with van der Waals surface area (Å²) >= 11 is 3.28.